The quantitative estimate of drug-likeness (QED) is 0.892. The van der Waals surface area contributed by atoms with E-state index in [1.165, 1.54) is 5.56 Å². The fourth-order valence-corrected chi connectivity index (χ4v) is 1.85. The first-order valence-electron chi connectivity index (χ1n) is 5.88. The van der Waals surface area contributed by atoms with Gasteiger partial charge in [0.05, 0.1) is 18.2 Å². The van der Waals surface area contributed by atoms with Crippen LogP contribution in [0.5, 0.6) is 0 Å². The third kappa shape index (κ3) is 2.89. The minimum Gasteiger partial charge on any atom is -0.381 e. The van der Waals surface area contributed by atoms with Gasteiger partial charge in [-0.1, -0.05) is 12.1 Å². The monoisotopic (exact) mass is 240 g/mol. The number of nitrogens with one attached hydrogen (secondary N) is 1. The summed E-state index contributed by atoms with van der Waals surface area (Å²) in [5.74, 6) is 0. The summed E-state index contributed by atoms with van der Waals surface area (Å²) in [6.45, 7) is 2.77. The molecule has 0 spiro atoms. The molecular weight excluding hydrogens is 224 g/mol. The lowest BCUT2D eigenvalue weighted by Gasteiger charge is -2.05. The number of aromatic nitrogens is 2. The topological polar surface area (TPSA) is 53.6 Å². The van der Waals surface area contributed by atoms with Crippen molar-refractivity contribution in [3.05, 3.63) is 47.3 Å². The lowest BCUT2D eigenvalue weighted by molar-refractivity contribution is 0.756. The van der Waals surface area contributed by atoms with Crippen LogP contribution >= 0.6 is 0 Å². The molecule has 0 unspecified atom stereocenters. The largest absolute Gasteiger partial charge is 0.381 e. The van der Waals surface area contributed by atoms with Gasteiger partial charge in [-0.3, -0.25) is 4.68 Å². The van der Waals surface area contributed by atoms with E-state index in [1.807, 2.05) is 49.1 Å². The maximum absolute atomic E-state index is 8.60. The summed E-state index contributed by atoms with van der Waals surface area (Å²) in [4.78, 5) is 0. The van der Waals surface area contributed by atoms with Crippen molar-refractivity contribution >= 4 is 5.69 Å². The van der Waals surface area contributed by atoms with Crippen LogP contribution in [0.4, 0.5) is 5.69 Å². The number of hydrogen-bond acceptors (Lipinski definition) is 3. The average Bonchev–Trinajstić information content (AvgIpc) is 2.67. The van der Waals surface area contributed by atoms with Crippen molar-refractivity contribution in [3.8, 4) is 6.07 Å². The first-order valence-corrected chi connectivity index (χ1v) is 5.88. The molecule has 0 aliphatic heterocycles. The van der Waals surface area contributed by atoms with Gasteiger partial charge in [0.25, 0.3) is 0 Å². The van der Waals surface area contributed by atoms with Gasteiger partial charge in [0.15, 0.2) is 0 Å². The predicted molar refractivity (Wildman–Crippen MR) is 71.0 cm³/mol. The molecule has 0 saturated carbocycles. The standard InChI is InChI=1S/C14H16N4/c1-11-13(10-18(2)17-11)9-16-14-5-3-12(4-6-14)7-8-15/h3-6,10,16H,7,9H2,1-2H3. The molecule has 0 aliphatic carbocycles. The Morgan fingerprint density at radius 2 is 2.06 bits per heavy atom. The normalized spacial score (nSPS) is 10.1. The van der Waals surface area contributed by atoms with E-state index < -0.39 is 0 Å². The van der Waals surface area contributed by atoms with E-state index in [2.05, 4.69) is 16.5 Å². The minimum atomic E-state index is 0.460. The summed E-state index contributed by atoms with van der Waals surface area (Å²) in [6.07, 6.45) is 2.48. The SMILES string of the molecule is Cc1nn(C)cc1CNc1ccc(CC#N)cc1. The van der Waals surface area contributed by atoms with E-state index in [9.17, 15) is 0 Å². The molecule has 92 valence electrons. The number of nitriles is 1. The van der Waals surface area contributed by atoms with Gasteiger partial charge in [0, 0.05) is 31.0 Å². The van der Waals surface area contributed by atoms with Gasteiger partial charge in [-0.25, -0.2) is 0 Å². The number of benzene rings is 1. The van der Waals surface area contributed by atoms with Crippen molar-refractivity contribution in [3.63, 3.8) is 0 Å². The van der Waals surface area contributed by atoms with Crippen LogP contribution in [0.1, 0.15) is 16.8 Å². The van der Waals surface area contributed by atoms with E-state index in [0.717, 1.165) is 23.5 Å². The molecule has 2 aromatic rings. The minimum absolute atomic E-state index is 0.460. The fourth-order valence-electron chi connectivity index (χ4n) is 1.85. The van der Waals surface area contributed by atoms with Crippen molar-refractivity contribution in [2.75, 3.05) is 5.32 Å². The average molecular weight is 240 g/mol. The molecule has 0 radical (unpaired) electrons. The second-order valence-corrected chi connectivity index (χ2v) is 4.30. The van der Waals surface area contributed by atoms with Gasteiger partial charge in [-0.15, -0.1) is 0 Å². The van der Waals surface area contributed by atoms with Crippen molar-refractivity contribution in [2.45, 2.75) is 19.9 Å². The number of anilines is 1. The summed E-state index contributed by atoms with van der Waals surface area (Å²) in [6, 6.07) is 10.1. The first-order chi connectivity index (χ1) is 8.69. The number of hydrogen-bond donors (Lipinski definition) is 1. The maximum Gasteiger partial charge on any atom is 0.0669 e. The molecule has 4 heteroatoms. The third-order valence-electron chi connectivity index (χ3n) is 2.84. The molecule has 1 heterocycles. The molecule has 1 N–H and O–H groups in total. The summed E-state index contributed by atoms with van der Waals surface area (Å²) in [5.41, 5.74) is 4.34. The van der Waals surface area contributed by atoms with E-state index in [0.29, 0.717) is 6.42 Å². The summed E-state index contributed by atoms with van der Waals surface area (Å²) < 4.78 is 1.82. The Labute approximate surface area is 107 Å². The number of rotatable bonds is 4. The van der Waals surface area contributed by atoms with Gasteiger partial charge in [-0.05, 0) is 24.6 Å². The van der Waals surface area contributed by atoms with Crippen LogP contribution in [0.2, 0.25) is 0 Å². The molecule has 2 rings (SSSR count). The summed E-state index contributed by atoms with van der Waals surface area (Å²) >= 11 is 0. The highest BCUT2D eigenvalue weighted by atomic mass is 15.2. The maximum atomic E-state index is 8.60. The Hall–Kier alpha value is -2.28. The van der Waals surface area contributed by atoms with Crippen LogP contribution in [-0.2, 0) is 20.0 Å². The number of nitrogens with zero attached hydrogens (tertiary/aromatic N) is 3. The zero-order chi connectivity index (χ0) is 13.0. The molecule has 4 nitrogen and oxygen atoms in total. The lowest BCUT2D eigenvalue weighted by atomic mass is 10.1. The van der Waals surface area contributed by atoms with Gasteiger partial charge in [0.1, 0.15) is 0 Å². The molecule has 18 heavy (non-hydrogen) atoms. The zero-order valence-electron chi connectivity index (χ0n) is 10.6. The smallest absolute Gasteiger partial charge is 0.0669 e. The molecule has 0 fully saturated rings. The molecule has 0 atom stereocenters. The van der Waals surface area contributed by atoms with Crippen LogP contribution in [-0.4, -0.2) is 9.78 Å². The van der Waals surface area contributed by atoms with Crippen LogP contribution < -0.4 is 5.32 Å². The third-order valence-corrected chi connectivity index (χ3v) is 2.84. The first kappa shape index (κ1) is 12.2. The van der Waals surface area contributed by atoms with Crippen molar-refractivity contribution in [2.24, 2.45) is 7.05 Å². The van der Waals surface area contributed by atoms with Crippen molar-refractivity contribution < 1.29 is 0 Å². The van der Waals surface area contributed by atoms with E-state index >= 15 is 0 Å². The Kier molecular flexibility index (Phi) is 3.63. The molecule has 0 saturated heterocycles. The summed E-state index contributed by atoms with van der Waals surface area (Å²) in [5, 5.41) is 16.2. The highest BCUT2D eigenvalue weighted by Crippen LogP contribution is 2.12. The van der Waals surface area contributed by atoms with Gasteiger partial charge >= 0.3 is 0 Å². The molecule has 0 amide bonds. The highest BCUT2D eigenvalue weighted by Gasteiger charge is 2.02. The molecule has 1 aromatic carbocycles. The van der Waals surface area contributed by atoms with Crippen molar-refractivity contribution in [1.82, 2.24) is 9.78 Å². The fraction of sp³-hybridized carbons (Fsp3) is 0.286. The highest BCUT2D eigenvalue weighted by molar-refractivity contribution is 5.45. The Morgan fingerprint density at radius 1 is 1.33 bits per heavy atom. The van der Waals surface area contributed by atoms with Crippen LogP contribution in [0.3, 0.4) is 0 Å². The Balaban J connectivity index is 1.98. The lowest BCUT2D eigenvalue weighted by Crippen LogP contribution is -1.99. The van der Waals surface area contributed by atoms with Gasteiger partial charge in [0.2, 0.25) is 0 Å². The predicted octanol–water partition coefficient (Wildman–Crippen LogP) is 2.41. The van der Waals surface area contributed by atoms with Gasteiger partial charge < -0.3 is 5.32 Å². The molecule has 0 bridgehead atoms. The van der Waals surface area contributed by atoms with Crippen molar-refractivity contribution in [1.29, 1.82) is 5.26 Å². The van der Waals surface area contributed by atoms with E-state index in [4.69, 9.17) is 5.26 Å². The summed E-state index contributed by atoms with van der Waals surface area (Å²) in [7, 11) is 1.92. The molecule has 0 aliphatic rings. The second-order valence-electron chi connectivity index (χ2n) is 4.30. The van der Waals surface area contributed by atoms with Gasteiger partial charge in [-0.2, -0.15) is 10.4 Å². The van der Waals surface area contributed by atoms with Crippen LogP contribution in [0.25, 0.3) is 0 Å². The Morgan fingerprint density at radius 3 is 2.61 bits per heavy atom. The van der Waals surface area contributed by atoms with Crippen LogP contribution in [0.15, 0.2) is 30.5 Å². The van der Waals surface area contributed by atoms with E-state index in [1.54, 1.807) is 0 Å². The van der Waals surface area contributed by atoms with E-state index in [-0.39, 0.29) is 0 Å². The zero-order valence-corrected chi connectivity index (χ0v) is 10.6. The van der Waals surface area contributed by atoms with Crippen LogP contribution in [0, 0.1) is 18.3 Å². The number of aryl methyl sites for hydroxylation is 2. The molecular formula is C14H16N4. The Bertz CT molecular complexity index is 560. The molecule has 1 aromatic heterocycles. The second kappa shape index (κ2) is 5.37.